The minimum atomic E-state index is -0.342. The van der Waals surface area contributed by atoms with E-state index in [9.17, 15) is 9.18 Å². The number of hydrogen-bond donors (Lipinski definition) is 1. The fourth-order valence-electron chi connectivity index (χ4n) is 1.95. The summed E-state index contributed by atoms with van der Waals surface area (Å²) in [5.41, 5.74) is 1.37. The van der Waals surface area contributed by atoms with Crippen LogP contribution in [-0.4, -0.2) is 15.9 Å². The number of halogens is 2. The van der Waals surface area contributed by atoms with E-state index in [0.717, 1.165) is 0 Å². The molecule has 0 atom stereocenters. The third-order valence-corrected chi connectivity index (χ3v) is 4.14. The topological polar surface area (TPSA) is 54.9 Å². The number of pyridine rings is 1. The van der Waals surface area contributed by atoms with Gasteiger partial charge in [0.05, 0.1) is 16.9 Å². The second-order valence-corrected chi connectivity index (χ2v) is 6.05. The molecule has 1 N–H and O–H groups in total. The van der Waals surface area contributed by atoms with E-state index in [4.69, 9.17) is 11.6 Å². The van der Waals surface area contributed by atoms with Crippen LogP contribution in [0.4, 0.5) is 10.1 Å². The number of anilines is 1. The molecule has 0 spiro atoms. The maximum Gasteiger partial charge on any atom is 0.275 e. The van der Waals surface area contributed by atoms with Gasteiger partial charge in [-0.15, -0.1) is 11.3 Å². The lowest BCUT2D eigenvalue weighted by Gasteiger charge is -2.02. The summed E-state index contributed by atoms with van der Waals surface area (Å²) in [6.07, 6.45) is 1.82. The number of nitrogens with zero attached hydrogens (tertiary/aromatic N) is 2. The fourth-order valence-corrected chi connectivity index (χ4v) is 2.86. The van der Waals surface area contributed by atoms with Crippen LogP contribution in [-0.2, 0) is 6.42 Å². The van der Waals surface area contributed by atoms with Crippen LogP contribution in [0, 0.1) is 5.82 Å². The van der Waals surface area contributed by atoms with Crippen LogP contribution in [0.2, 0.25) is 5.15 Å². The van der Waals surface area contributed by atoms with E-state index in [2.05, 4.69) is 15.3 Å². The van der Waals surface area contributed by atoms with Crippen molar-refractivity contribution in [3.05, 3.63) is 75.2 Å². The van der Waals surface area contributed by atoms with Crippen LogP contribution >= 0.6 is 22.9 Å². The summed E-state index contributed by atoms with van der Waals surface area (Å²) in [6, 6.07) is 9.76. The summed E-state index contributed by atoms with van der Waals surface area (Å²) in [5.74, 6) is -0.619. The lowest BCUT2D eigenvalue weighted by Crippen LogP contribution is -2.12. The van der Waals surface area contributed by atoms with E-state index in [1.807, 2.05) is 0 Å². The van der Waals surface area contributed by atoms with Gasteiger partial charge >= 0.3 is 0 Å². The van der Waals surface area contributed by atoms with Crippen molar-refractivity contribution in [2.45, 2.75) is 6.42 Å². The van der Waals surface area contributed by atoms with E-state index in [-0.39, 0.29) is 17.4 Å². The summed E-state index contributed by atoms with van der Waals surface area (Å²) in [4.78, 5) is 20.3. The lowest BCUT2D eigenvalue weighted by atomic mass is 10.1. The monoisotopic (exact) mass is 347 g/mol. The van der Waals surface area contributed by atoms with Gasteiger partial charge in [-0.3, -0.25) is 4.79 Å². The highest BCUT2D eigenvalue weighted by molar-refractivity contribution is 7.09. The number of benzene rings is 1. The molecular weight excluding hydrogens is 337 g/mol. The molecule has 0 unspecified atom stereocenters. The van der Waals surface area contributed by atoms with Gasteiger partial charge in [-0.25, -0.2) is 14.4 Å². The van der Waals surface area contributed by atoms with Crippen LogP contribution in [0.3, 0.4) is 0 Å². The van der Waals surface area contributed by atoms with Crippen molar-refractivity contribution in [1.82, 2.24) is 9.97 Å². The van der Waals surface area contributed by atoms with Crippen molar-refractivity contribution in [2.24, 2.45) is 0 Å². The number of thiazole rings is 1. The molecule has 0 bridgehead atoms. The number of nitrogens with one attached hydrogen (secondary N) is 1. The van der Waals surface area contributed by atoms with E-state index >= 15 is 0 Å². The summed E-state index contributed by atoms with van der Waals surface area (Å²) < 4.78 is 13.6. The van der Waals surface area contributed by atoms with E-state index in [1.165, 1.54) is 23.6 Å². The molecule has 2 aromatic heterocycles. The number of amides is 1. The van der Waals surface area contributed by atoms with Crippen LogP contribution in [0.15, 0.2) is 48.0 Å². The SMILES string of the molecule is O=C(Nc1ccc(Cl)nc1)c1csc(Cc2ccccc2F)n1. The highest BCUT2D eigenvalue weighted by Gasteiger charge is 2.12. The highest BCUT2D eigenvalue weighted by atomic mass is 35.5. The second kappa shape index (κ2) is 6.85. The molecule has 7 heteroatoms. The minimum Gasteiger partial charge on any atom is -0.319 e. The first kappa shape index (κ1) is 15.6. The molecule has 4 nitrogen and oxygen atoms in total. The molecule has 0 saturated heterocycles. The number of carbonyl (C=O) groups excluding carboxylic acids is 1. The lowest BCUT2D eigenvalue weighted by molar-refractivity contribution is 0.102. The summed E-state index contributed by atoms with van der Waals surface area (Å²) in [6.45, 7) is 0. The first-order valence-electron chi connectivity index (χ1n) is 6.72. The number of aromatic nitrogens is 2. The average Bonchev–Trinajstić information content (AvgIpc) is 3.01. The van der Waals surface area contributed by atoms with Gasteiger partial charge in [0.1, 0.15) is 16.7 Å². The highest BCUT2D eigenvalue weighted by Crippen LogP contribution is 2.18. The number of carbonyl (C=O) groups is 1. The predicted molar refractivity (Wildman–Crippen MR) is 88.5 cm³/mol. The van der Waals surface area contributed by atoms with Gasteiger partial charge in [0, 0.05) is 11.8 Å². The zero-order chi connectivity index (χ0) is 16.2. The van der Waals surface area contributed by atoms with Crippen LogP contribution < -0.4 is 5.32 Å². The molecule has 0 aliphatic carbocycles. The van der Waals surface area contributed by atoms with Gasteiger partial charge in [0.15, 0.2) is 0 Å². The molecule has 0 aliphatic rings. The van der Waals surface area contributed by atoms with Gasteiger partial charge in [0.2, 0.25) is 0 Å². The second-order valence-electron chi connectivity index (χ2n) is 4.72. The standard InChI is InChI=1S/C16H11ClFN3OS/c17-14-6-5-11(8-19-14)20-16(22)13-9-23-15(21-13)7-10-3-1-2-4-12(10)18/h1-6,8-9H,7H2,(H,20,22). The number of rotatable bonds is 4. The Kier molecular flexibility index (Phi) is 4.64. The largest absolute Gasteiger partial charge is 0.319 e. The molecule has 3 aromatic rings. The maximum atomic E-state index is 13.6. The minimum absolute atomic E-state index is 0.277. The Morgan fingerprint density at radius 3 is 2.83 bits per heavy atom. The Bertz CT molecular complexity index is 835. The van der Waals surface area contributed by atoms with Crippen LogP contribution in [0.5, 0.6) is 0 Å². The third-order valence-electron chi connectivity index (χ3n) is 3.07. The van der Waals surface area contributed by atoms with Crippen molar-refractivity contribution < 1.29 is 9.18 Å². The van der Waals surface area contributed by atoms with E-state index in [0.29, 0.717) is 27.8 Å². The molecule has 0 saturated carbocycles. The molecule has 1 aromatic carbocycles. The van der Waals surface area contributed by atoms with E-state index in [1.54, 1.807) is 35.7 Å². The van der Waals surface area contributed by atoms with Crippen molar-refractivity contribution >= 4 is 34.5 Å². The van der Waals surface area contributed by atoms with Crippen molar-refractivity contribution in [1.29, 1.82) is 0 Å². The predicted octanol–water partition coefficient (Wildman–Crippen LogP) is 4.17. The summed E-state index contributed by atoms with van der Waals surface area (Å²) in [5, 5.41) is 5.36. The first-order chi connectivity index (χ1) is 11.1. The van der Waals surface area contributed by atoms with Crippen LogP contribution in [0.1, 0.15) is 21.1 Å². The summed E-state index contributed by atoms with van der Waals surface area (Å²) >= 11 is 7.01. The molecule has 2 heterocycles. The van der Waals surface area contributed by atoms with Crippen molar-refractivity contribution in [3.8, 4) is 0 Å². The van der Waals surface area contributed by atoms with Gasteiger partial charge < -0.3 is 5.32 Å². The Morgan fingerprint density at radius 2 is 2.09 bits per heavy atom. The molecule has 0 radical (unpaired) electrons. The molecule has 3 rings (SSSR count). The number of hydrogen-bond acceptors (Lipinski definition) is 4. The molecule has 23 heavy (non-hydrogen) atoms. The Labute approximate surface area is 141 Å². The third kappa shape index (κ3) is 3.91. The average molecular weight is 348 g/mol. The van der Waals surface area contributed by atoms with Crippen molar-refractivity contribution in [3.63, 3.8) is 0 Å². The molecular formula is C16H11ClFN3OS. The molecule has 1 amide bonds. The van der Waals surface area contributed by atoms with Gasteiger partial charge in [-0.05, 0) is 23.8 Å². The smallest absolute Gasteiger partial charge is 0.275 e. The first-order valence-corrected chi connectivity index (χ1v) is 7.98. The Balaban J connectivity index is 1.70. The van der Waals surface area contributed by atoms with Crippen LogP contribution in [0.25, 0.3) is 0 Å². The van der Waals surface area contributed by atoms with Gasteiger partial charge in [-0.2, -0.15) is 0 Å². The Hall–Kier alpha value is -2.31. The van der Waals surface area contributed by atoms with Gasteiger partial charge in [0.25, 0.3) is 5.91 Å². The molecule has 0 aliphatic heterocycles. The quantitative estimate of drug-likeness (QED) is 0.720. The maximum absolute atomic E-state index is 13.6. The van der Waals surface area contributed by atoms with E-state index < -0.39 is 0 Å². The van der Waals surface area contributed by atoms with Crippen molar-refractivity contribution in [2.75, 3.05) is 5.32 Å². The molecule has 116 valence electrons. The zero-order valence-electron chi connectivity index (χ0n) is 11.8. The summed E-state index contributed by atoms with van der Waals surface area (Å²) in [7, 11) is 0. The fraction of sp³-hybridized carbons (Fsp3) is 0.0625. The molecule has 0 fully saturated rings. The normalized spacial score (nSPS) is 10.5. The van der Waals surface area contributed by atoms with Gasteiger partial charge in [-0.1, -0.05) is 29.8 Å². The Morgan fingerprint density at radius 1 is 1.26 bits per heavy atom. The zero-order valence-corrected chi connectivity index (χ0v) is 13.4.